The highest BCUT2D eigenvalue weighted by Gasteiger charge is 2.15. The molecule has 6 heteroatoms. The van der Waals surface area contributed by atoms with Crippen molar-refractivity contribution >= 4 is 33.5 Å². The number of ether oxygens (including phenoxy) is 2. The van der Waals surface area contributed by atoms with Crippen LogP contribution in [-0.2, 0) is 6.54 Å². The van der Waals surface area contributed by atoms with E-state index in [1.165, 1.54) is 0 Å². The number of nitrogens with zero attached hydrogens (tertiary/aromatic N) is 1. The Balaban J connectivity index is 1.81. The number of hydrogen-bond donors (Lipinski definition) is 1. The van der Waals surface area contributed by atoms with Crippen LogP contribution in [0.3, 0.4) is 0 Å². The zero-order valence-corrected chi connectivity index (χ0v) is 15.7. The summed E-state index contributed by atoms with van der Waals surface area (Å²) in [6.45, 7) is 2.29. The molecule has 26 heavy (non-hydrogen) atoms. The van der Waals surface area contributed by atoms with E-state index in [-0.39, 0.29) is 5.91 Å². The molecule has 0 saturated carbocycles. The van der Waals surface area contributed by atoms with Crippen molar-refractivity contribution in [1.82, 2.24) is 10.3 Å². The Morgan fingerprint density at radius 3 is 2.73 bits per heavy atom. The molecular formula is C20H20N2O3S. The number of thiazole rings is 1. The lowest BCUT2D eigenvalue weighted by Crippen LogP contribution is -2.22. The summed E-state index contributed by atoms with van der Waals surface area (Å²) >= 11 is 1.58. The summed E-state index contributed by atoms with van der Waals surface area (Å²) in [6, 6.07) is 11.4. The van der Waals surface area contributed by atoms with Crippen LogP contribution in [0.15, 0.2) is 42.5 Å². The number of hydrogen-bond acceptors (Lipinski definition) is 5. The first-order valence-electron chi connectivity index (χ1n) is 8.17. The molecule has 0 aliphatic rings. The van der Waals surface area contributed by atoms with Crippen LogP contribution < -0.4 is 14.8 Å². The zero-order valence-electron chi connectivity index (χ0n) is 14.9. The molecule has 0 atom stereocenters. The van der Waals surface area contributed by atoms with Crippen molar-refractivity contribution < 1.29 is 14.3 Å². The number of aromatic nitrogens is 1. The number of carbonyl (C=O) groups is 1. The molecule has 1 N–H and O–H groups in total. The van der Waals surface area contributed by atoms with E-state index in [0.717, 1.165) is 20.8 Å². The summed E-state index contributed by atoms with van der Waals surface area (Å²) in [5, 5.41) is 3.79. The number of rotatable bonds is 6. The van der Waals surface area contributed by atoms with Crippen LogP contribution in [0.25, 0.3) is 16.3 Å². The van der Waals surface area contributed by atoms with Crippen LogP contribution in [0.5, 0.6) is 11.5 Å². The van der Waals surface area contributed by atoms with E-state index < -0.39 is 0 Å². The molecule has 0 radical (unpaired) electrons. The first kappa shape index (κ1) is 17.9. The van der Waals surface area contributed by atoms with Gasteiger partial charge < -0.3 is 14.8 Å². The lowest BCUT2D eigenvalue weighted by molar-refractivity contribution is 0.0950. The van der Waals surface area contributed by atoms with Crippen molar-refractivity contribution in [2.75, 3.05) is 14.2 Å². The summed E-state index contributed by atoms with van der Waals surface area (Å²) in [7, 11) is 3.14. The summed E-state index contributed by atoms with van der Waals surface area (Å²) in [6.07, 6.45) is 3.77. The molecular weight excluding hydrogens is 348 g/mol. The number of para-hydroxylation sites is 1. The largest absolute Gasteiger partial charge is 0.493 e. The fourth-order valence-corrected chi connectivity index (χ4v) is 3.59. The third-order valence-corrected chi connectivity index (χ3v) is 4.89. The number of allylic oxidation sites excluding steroid dienone is 1. The number of fused-ring (bicyclic) bond motifs is 1. The van der Waals surface area contributed by atoms with Gasteiger partial charge in [0.25, 0.3) is 5.91 Å². The van der Waals surface area contributed by atoms with Gasteiger partial charge in [-0.25, -0.2) is 4.98 Å². The summed E-state index contributed by atoms with van der Waals surface area (Å²) < 4.78 is 11.9. The quantitative estimate of drug-likeness (QED) is 0.706. The van der Waals surface area contributed by atoms with E-state index in [0.29, 0.717) is 23.6 Å². The highest BCUT2D eigenvalue weighted by Crippen LogP contribution is 2.33. The van der Waals surface area contributed by atoms with E-state index >= 15 is 0 Å². The Labute approximate surface area is 156 Å². The normalized spacial score (nSPS) is 11.0. The second kappa shape index (κ2) is 8.01. The van der Waals surface area contributed by atoms with Crippen LogP contribution in [-0.4, -0.2) is 25.1 Å². The van der Waals surface area contributed by atoms with E-state index in [1.54, 1.807) is 37.7 Å². The van der Waals surface area contributed by atoms with Gasteiger partial charge in [0.2, 0.25) is 0 Å². The molecule has 0 saturated heterocycles. The molecule has 1 heterocycles. The monoisotopic (exact) mass is 368 g/mol. The Morgan fingerprint density at radius 1 is 1.23 bits per heavy atom. The van der Waals surface area contributed by atoms with Crippen LogP contribution in [0.4, 0.5) is 0 Å². The van der Waals surface area contributed by atoms with Gasteiger partial charge >= 0.3 is 0 Å². The Morgan fingerprint density at radius 2 is 2.04 bits per heavy atom. The molecule has 0 unspecified atom stereocenters. The third-order valence-electron chi connectivity index (χ3n) is 3.85. The van der Waals surface area contributed by atoms with Crippen molar-refractivity contribution in [3.05, 3.63) is 58.6 Å². The SMILES string of the molecule is C/C=C/c1cc(C(=O)NCc2nc3ccccc3s2)cc(OC)c1OC. The van der Waals surface area contributed by atoms with Gasteiger partial charge in [0, 0.05) is 11.1 Å². The van der Waals surface area contributed by atoms with E-state index in [4.69, 9.17) is 9.47 Å². The average molecular weight is 368 g/mol. The molecule has 0 aliphatic carbocycles. The van der Waals surface area contributed by atoms with Crippen molar-refractivity contribution in [2.24, 2.45) is 0 Å². The van der Waals surface area contributed by atoms with Gasteiger partial charge in [0.1, 0.15) is 5.01 Å². The summed E-state index contributed by atoms with van der Waals surface area (Å²) in [5.74, 6) is 0.942. The van der Waals surface area contributed by atoms with Crippen molar-refractivity contribution in [3.8, 4) is 11.5 Å². The zero-order chi connectivity index (χ0) is 18.5. The molecule has 1 amide bonds. The minimum absolute atomic E-state index is 0.184. The Kier molecular flexibility index (Phi) is 5.53. The fourth-order valence-electron chi connectivity index (χ4n) is 2.68. The van der Waals surface area contributed by atoms with Gasteiger partial charge in [0.05, 0.1) is 31.0 Å². The fraction of sp³-hybridized carbons (Fsp3) is 0.200. The standard InChI is InChI=1S/C20H20N2O3S/c1-4-7-13-10-14(11-16(24-2)19(13)25-3)20(23)21-12-18-22-15-8-5-6-9-17(15)26-18/h4-11H,12H2,1-3H3,(H,21,23)/b7-4+. The summed E-state index contributed by atoms with van der Waals surface area (Å²) in [5.41, 5.74) is 2.25. The van der Waals surface area contributed by atoms with E-state index in [2.05, 4.69) is 10.3 Å². The predicted molar refractivity (Wildman–Crippen MR) is 105 cm³/mol. The van der Waals surface area contributed by atoms with Crippen molar-refractivity contribution in [3.63, 3.8) is 0 Å². The molecule has 134 valence electrons. The third kappa shape index (κ3) is 3.70. The molecule has 5 nitrogen and oxygen atoms in total. The molecule has 3 aromatic rings. The minimum Gasteiger partial charge on any atom is -0.493 e. The number of carbonyl (C=O) groups excluding carboxylic acids is 1. The molecule has 1 aromatic heterocycles. The van der Waals surface area contributed by atoms with Gasteiger partial charge in [-0.1, -0.05) is 24.3 Å². The van der Waals surface area contributed by atoms with Gasteiger partial charge in [0.15, 0.2) is 11.5 Å². The number of nitrogens with one attached hydrogen (secondary N) is 1. The highest BCUT2D eigenvalue weighted by molar-refractivity contribution is 7.18. The van der Waals surface area contributed by atoms with E-state index in [1.807, 2.05) is 43.3 Å². The number of amides is 1. The second-order valence-corrected chi connectivity index (χ2v) is 6.67. The van der Waals surface area contributed by atoms with Crippen molar-refractivity contribution in [2.45, 2.75) is 13.5 Å². The van der Waals surface area contributed by atoms with Crippen molar-refractivity contribution in [1.29, 1.82) is 0 Å². The Hall–Kier alpha value is -2.86. The summed E-state index contributed by atoms with van der Waals surface area (Å²) in [4.78, 5) is 17.1. The van der Waals surface area contributed by atoms with Crippen LogP contribution in [0.2, 0.25) is 0 Å². The topological polar surface area (TPSA) is 60.5 Å². The average Bonchev–Trinajstić information content (AvgIpc) is 3.08. The first-order valence-corrected chi connectivity index (χ1v) is 8.99. The van der Waals surface area contributed by atoms with Gasteiger partial charge in [-0.05, 0) is 31.2 Å². The maximum Gasteiger partial charge on any atom is 0.251 e. The molecule has 0 fully saturated rings. The van der Waals surface area contributed by atoms with Crippen LogP contribution in [0.1, 0.15) is 27.9 Å². The molecule has 0 aliphatic heterocycles. The molecule has 0 spiro atoms. The lowest BCUT2D eigenvalue weighted by Gasteiger charge is -2.13. The van der Waals surface area contributed by atoms with Gasteiger partial charge in [-0.15, -0.1) is 11.3 Å². The predicted octanol–water partition coefficient (Wildman–Crippen LogP) is 4.28. The highest BCUT2D eigenvalue weighted by atomic mass is 32.1. The second-order valence-electron chi connectivity index (χ2n) is 5.56. The van der Waals surface area contributed by atoms with Gasteiger partial charge in [-0.2, -0.15) is 0 Å². The van der Waals surface area contributed by atoms with Crippen LogP contribution >= 0.6 is 11.3 Å². The maximum absolute atomic E-state index is 12.6. The number of methoxy groups -OCH3 is 2. The molecule has 2 aromatic carbocycles. The van der Waals surface area contributed by atoms with Gasteiger partial charge in [-0.3, -0.25) is 4.79 Å². The maximum atomic E-state index is 12.6. The first-order chi connectivity index (χ1) is 12.7. The minimum atomic E-state index is -0.184. The van der Waals surface area contributed by atoms with Crippen LogP contribution in [0, 0.1) is 0 Å². The smallest absolute Gasteiger partial charge is 0.251 e. The lowest BCUT2D eigenvalue weighted by atomic mass is 10.1. The Bertz CT molecular complexity index is 930. The number of benzene rings is 2. The molecule has 0 bridgehead atoms. The molecule has 3 rings (SSSR count). The van der Waals surface area contributed by atoms with E-state index in [9.17, 15) is 4.79 Å².